The molecule has 2 heterocycles. The normalized spacial score (nSPS) is 15.3. The number of nitrogens with one attached hydrogen (secondary N) is 1. The standard InChI is InChI=1S/C9H17N7/c1-15(2)8-11-7(14-10)12-9(13-8)16-5-3-4-6-16/h3-6,10H2,1-2H3,(H,11,12,13,14). The SMILES string of the molecule is CN(C)c1nc(NN)nc(N2CCCC2)n1. The number of hydrogen-bond donors (Lipinski definition) is 2. The molecule has 0 aliphatic carbocycles. The van der Waals surface area contributed by atoms with Crippen LogP contribution in [0.5, 0.6) is 0 Å². The van der Waals surface area contributed by atoms with E-state index in [1.165, 1.54) is 12.8 Å². The predicted molar refractivity (Wildman–Crippen MR) is 63.4 cm³/mol. The van der Waals surface area contributed by atoms with E-state index < -0.39 is 0 Å². The Morgan fingerprint density at radius 1 is 1.19 bits per heavy atom. The number of nitrogens with two attached hydrogens (primary N) is 1. The molecule has 0 unspecified atom stereocenters. The Bertz CT molecular complexity index is 359. The van der Waals surface area contributed by atoms with Crippen LogP contribution in [0.3, 0.4) is 0 Å². The van der Waals surface area contributed by atoms with Gasteiger partial charge in [-0.2, -0.15) is 15.0 Å². The van der Waals surface area contributed by atoms with E-state index in [4.69, 9.17) is 5.84 Å². The molecular formula is C9H17N7. The van der Waals surface area contributed by atoms with Crippen molar-refractivity contribution in [2.24, 2.45) is 5.84 Å². The molecule has 1 aliphatic rings. The molecule has 0 amide bonds. The third kappa shape index (κ3) is 2.13. The zero-order chi connectivity index (χ0) is 11.5. The minimum Gasteiger partial charge on any atom is -0.347 e. The van der Waals surface area contributed by atoms with Gasteiger partial charge >= 0.3 is 0 Å². The second-order valence-corrected chi connectivity index (χ2v) is 3.99. The lowest BCUT2D eigenvalue weighted by molar-refractivity contribution is 0.863. The van der Waals surface area contributed by atoms with Crippen LogP contribution in [0, 0.1) is 0 Å². The highest BCUT2D eigenvalue weighted by Crippen LogP contribution is 2.18. The van der Waals surface area contributed by atoms with Crippen molar-refractivity contribution >= 4 is 17.8 Å². The van der Waals surface area contributed by atoms with Crippen molar-refractivity contribution in [3.8, 4) is 0 Å². The molecule has 88 valence electrons. The summed E-state index contributed by atoms with van der Waals surface area (Å²) in [6, 6.07) is 0. The van der Waals surface area contributed by atoms with Crippen LogP contribution in [-0.2, 0) is 0 Å². The highest BCUT2D eigenvalue weighted by Gasteiger charge is 2.17. The van der Waals surface area contributed by atoms with E-state index in [2.05, 4.69) is 25.3 Å². The Morgan fingerprint density at radius 3 is 2.44 bits per heavy atom. The molecule has 7 heteroatoms. The van der Waals surface area contributed by atoms with E-state index in [9.17, 15) is 0 Å². The van der Waals surface area contributed by atoms with E-state index in [-0.39, 0.29) is 0 Å². The Morgan fingerprint density at radius 2 is 1.88 bits per heavy atom. The minimum absolute atomic E-state index is 0.403. The molecule has 0 bridgehead atoms. The summed E-state index contributed by atoms with van der Waals surface area (Å²) in [5, 5.41) is 0. The molecule has 1 aromatic rings. The molecule has 0 saturated carbocycles. The molecular weight excluding hydrogens is 206 g/mol. The number of nitrogens with zero attached hydrogens (tertiary/aromatic N) is 5. The number of rotatable bonds is 3. The third-order valence-electron chi connectivity index (χ3n) is 2.53. The zero-order valence-corrected chi connectivity index (χ0v) is 9.64. The summed E-state index contributed by atoms with van der Waals surface area (Å²) in [4.78, 5) is 16.8. The molecule has 1 fully saturated rings. The van der Waals surface area contributed by atoms with Crippen molar-refractivity contribution < 1.29 is 0 Å². The second kappa shape index (κ2) is 4.48. The van der Waals surface area contributed by atoms with Crippen LogP contribution in [0.1, 0.15) is 12.8 Å². The van der Waals surface area contributed by atoms with Crippen molar-refractivity contribution in [3.63, 3.8) is 0 Å². The van der Waals surface area contributed by atoms with Gasteiger partial charge in [-0.1, -0.05) is 0 Å². The average Bonchev–Trinajstić information content (AvgIpc) is 2.81. The Kier molecular flexibility index (Phi) is 3.04. The number of hydrazine groups is 1. The lowest BCUT2D eigenvalue weighted by Gasteiger charge is -2.18. The van der Waals surface area contributed by atoms with Crippen molar-refractivity contribution in [2.75, 3.05) is 42.4 Å². The molecule has 0 radical (unpaired) electrons. The average molecular weight is 223 g/mol. The third-order valence-corrected chi connectivity index (χ3v) is 2.53. The summed E-state index contributed by atoms with van der Waals surface area (Å²) in [5.41, 5.74) is 2.47. The Hall–Kier alpha value is -1.63. The van der Waals surface area contributed by atoms with Crippen LogP contribution in [0.4, 0.5) is 17.8 Å². The molecule has 0 spiro atoms. The van der Waals surface area contributed by atoms with Gasteiger partial charge in [-0.3, -0.25) is 5.43 Å². The van der Waals surface area contributed by atoms with E-state index >= 15 is 0 Å². The molecule has 16 heavy (non-hydrogen) atoms. The summed E-state index contributed by atoms with van der Waals surface area (Å²) in [6.07, 6.45) is 2.38. The predicted octanol–water partition coefficient (Wildman–Crippen LogP) is -0.177. The van der Waals surface area contributed by atoms with Gasteiger partial charge < -0.3 is 9.80 Å². The van der Waals surface area contributed by atoms with Gasteiger partial charge in [-0.25, -0.2) is 5.84 Å². The topological polar surface area (TPSA) is 83.2 Å². The van der Waals surface area contributed by atoms with Crippen LogP contribution in [0.15, 0.2) is 0 Å². The Labute approximate surface area is 94.7 Å². The first-order valence-corrected chi connectivity index (χ1v) is 5.35. The van der Waals surface area contributed by atoms with Crippen LogP contribution in [0.25, 0.3) is 0 Å². The highest BCUT2D eigenvalue weighted by molar-refractivity contribution is 5.44. The van der Waals surface area contributed by atoms with E-state index in [1.807, 2.05) is 19.0 Å². The molecule has 3 N–H and O–H groups in total. The maximum atomic E-state index is 5.35. The van der Waals surface area contributed by atoms with Crippen LogP contribution in [-0.4, -0.2) is 42.1 Å². The lowest BCUT2D eigenvalue weighted by atomic mass is 10.4. The number of anilines is 3. The van der Waals surface area contributed by atoms with Crippen molar-refractivity contribution in [3.05, 3.63) is 0 Å². The van der Waals surface area contributed by atoms with Crippen molar-refractivity contribution in [2.45, 2.75) is 12.8 Å². The highest BCUT2D eigenvalue weighted by atomic mass is 15.4. The largest absolute Gasteiger partial charge is 0.347 e. The molecule has 7 nitrogen and oxygen atoms in total. The quantitative estimate of drug-likeness (QED) is 0.543. The van der Waals surface area contributed by atoms with Gasteiger partial charge in [-0.15, -0.1) is 0 Å². The summed E-state index contributed by atoms with van der Waals surface area (Å²) in [6.45, 7) is 2.00. The molecule has 0 atom stereocenters. The maximum absolute atomic E-state index is 5.35. The fourth-order valence-corrected chi connectivity index (χ4v) is 1.68. The summed E-state index contributed by atoms with van der Waals surface area (Å²) in [5.74, 6) is 7.06. The number of hydrogen-bond acceptors (Lipinski definition) is 7. The molecule has 1 saturated heterocycles. The van der Waals surface area contributed by atoms with Gasteiger partial charge in [0.15, 0.2) is 0 Å². The number of aromatic nitrogens is 3. The molecule has 0 aromatic carbocycles. The monoisotopic (exact) mass is 223 g/mol. The fourth-order valence-electron chi connectivity index (χ4n) is 1.68. The minimum atomic E-state index is 0.403. The summed E-state index contributed by atoms with van der Waals surface area (Å²) in [7, 11) is 3.78. The van der Waals surface area contributed by atoms with E-state index in [0.29, 0.717) is 17.8 Å². The van der Waals surface area contributed by atoms with Gasteiger partial charge in [0.05, 0.1) is 0 Å². The van der Waals surface area contributed by atoms with Crippen molar-refractivity contribution in [1.29, 1.82) is 0 Å². The first-order chi connectivity index (χ1) is 7.70. The number of nitrogen functional groups attached to an aromatic ring is 1. The summed E-state index contributed by atoms with van der Waals surface area (Å²) >= 11 is 0. The zero-order valence-electron chi connectivity index (χ0n) is 9.64. The molecule has 1 aliphatic heterocycles. The van der Waals surface area contributed by atoms with Gasteiger partial charge in [0.25, 0.3) is 0 Å². The fraction of sp³-hybridized carbons (Fsp3) is 0.667. The maximum Gasteiger partial charge on any atom is 0.243 e. The van der Waals surface area contributed by atoms with Gasteiger partial charge in [0.2, 0.25) is 17.8 Å². The van der Waals surface area contributed by atoms with Crippen molar-refractivity contribution in [1.82, 2.24) is 15.0 Å². The van der Waals surface area contributed by atoms with Crippen LogP contribution >= 0.6 is 0 Å². The Balaban J connectivity index is 2.32. The second-order valence-electron chi connectivity index (χ2n) is 3.99. The van der Waals surface area contributed by atoms with Gasteiger partial charge in [0.1, 0.15) is 0 Å². The van der Waals surface area contributed by atoms with Gasteiger partial charge in [0, 0.05) is 27.2 Å². The smallest absolute Gasteiger partial charge is 0.243 e. The van der Waals surface area contributed by atoms with Gasteiger partial charge in [-0.05, 0) is 12.8 Å². The van der Waals surface area contributed by atoms with Crippen LogP contribution in [0.2, 0.25) is 0 Å². The molecule has 1 aromatic heterocycles. The van der Waals surface area contributed by atoms with E-state index in [1.54, 1.807) is 0 Å². The molecule has 2 rings (SSSR count). The summed E-state index contributed by atoms with van der Waals surface area (Å²) < 4.78 is 0. The first kappa shape index (κ1) is 10.9. The van der Waals surface area contributed by atoms with E-state index in [0.717, 1.165) is 13.1 Å². The lowest BCUT2D eigenvalue weighted by Crippen LogP contribution is -2.24. The van der Waals surface area contributed by atoms with Crippen LogP contribution < -0.4 is 21.1 Å². The first-order valence-electron chi connectivity index (χ1n) is 5.35.